The molecule has 4 nitrogen and oxygen atoms in total. The van der Waals surface area contributed by atoms with Crippen molar-refractivity contribution in [1.29, 1.82) is 4.78 Å². The predicted molar refractivity (Wildman–Crippen MR) is 97.1 cm³/mol. The summed E-state index contributed by atoms with van der Waals surface area (Å²) in [6, 6.07) is 0. The van der Waals surface area contributed by atoms with Crippen LogP contribution < -0.4 is 0 Å². The van der Waals surface area contributed by atoms with Gasteiger partial charge in [-0.1, -0.05) is 53.4 Å². The molecule has 25 heavy (non-hydrogen) atoms. The lowest BCUT2D eigenvalue weighted by molar-refractivity contribution is -0.929. The highest BCUT2D eigenvalue weighted by Gasteiger charge is 2.33. The minimum absolute atomic E-state index is 1.35. The number of nitrogens with one attached hydrogen (secondary N) is 1. The standard InChI is InChI=1S/C16H36N.CH2F3NO2S/c1-5-9-13-17(14-10-6-2,15-11-7-3)16-12-8-4;2-1(3,4)8(5,6)7/h5-16H2,1-4H3;(H2,5,6,7)/q+1;/p-1. The van der Waals surface area contributed by atoms with Gasteiger partial charge in [0, 0.05) is 0 Å². The molecule has 1 N–H and O–H groups in total. The number of rotatable bonds is 12. The summed E-state index contributed by atoms with van der Waals surface area (Å²) in [4.78, 5) is 0. The van der Waals surface area contributed by atoms with Crippen LogP contribution in [-0.4, -0.2) is 44.9 Å². The summed E-state index contributed by atoms with van der Waals surface area (Å²) >= 11 is 0. The Morgan fingerprint density at radius 2 is 1.00 bits per heavy atom. The number of unbranched alkanes of at least 4 members (excludes halogenated alkanes) is 4. The molecule has 0 amide bonds. The van der Waals surface area contributed by atoms with Crippen LogP contribution in [0, 0.1) is 4.78 Å². The van der Waals surface area contributed by atoms with Crippen LogP contribution in [0.2, 0.25) is 0 Å². The fourth-order valence-corrected chi connectivity index (χ4v) is 2.64. The summed E-state index contributed by atoms with van der Waals surface area (Å²) in [6.45, 7) is 15.0. The zero-order valence-electron chi connectivity index (χ0n) is 16.3. The van der Waals surface area contributed by atoms with Crippen molar-refractivity contribution in [3.63, 3.8) is 0 Å². The molecular formula is C17H37F3N2O2S. The highest BCUT2D eigenvalue weighted by Crippen LogP contribution is 2.21. The summed E-state index contributed by atoms with van der Waals surface area (Å²) in [7, 11) is -5.59. The van der Waals surface area contributed by atoms with Gasteiger partial charge in [0.1, 0.15) is 0 Å². The molecule has 1 atom stereocenters. The Balaban J connectivity index is 0. The second-order valence-electron chi connectivity index (χ2n) is 6.60. The van der Waals surface area contributed by atoms with Crippen LogP contribution in [0.25, 0.3) is 0 Å². The Morgan fingerprint density at radius 1 is 0.800 bits per heavy atom. The highest BCUT2D eigenvalue weighted by molar-refractivity contribution is 7.87. The summed E-state index contributed by atoms with van der Waals surface area (Å²) in [5, 5.41) is 0. The van der Waals surface area contributed by atoms with E-state index in [1.165, 1.54) is 82.0 Å². The van der Waals surface area contributed by atoms with E-state index in [1.807, 2.05) is 0 Å². The van der Waals surface area contributed by atoms with Gasteiger partial charge in [-0.2, -0.15) is 13.2 Å². The number of nitrogens with zero attached hydrogens (tertiary/aromatic N) is 1. The summed E-state index contributed by atoms with van der Waals surface area (Å²) in [5.41, 5.74) is -5.42. The number of hydrogen-bond donors (Lipinski definition) is 1. The van der Waals surface area contributed by atoms with Crippen molar-refractivity contribution < 1.29 is 26.4 Å². The predicted octanol–water partition coefficient (Wildman–Crippen LogP) is 5.69. The Labute approximate surface area is 152 Å². The molecule has 0 radical (unpaired) electrons. The van der Waals surface area contributed by atoms with Crippen LogP contribution in [0.3, 0.4) is 0 Å². The summed E-state index contributed by atoms with van der Waals surface area (Å²) < 4.78 is 57.6. The van der Waals surface area contributed by atoms with Gasteiger partial charge in [-0.3, -0.25) is 8.99 Å². The van der Waals surface area contributed by atoms with E-state index in [0.29, 0.717) is 0 Å². The molecule has 0 spiro atoms. The van der Waals surface area contributed by atoms with Gasteiger partial charge in [-0.25, -0.2) is 0 Å². The molecule has 0 heterocycles. The molecule has 0 saturated heterocycles. The van der Waals surface area contributed by atoms with E-state index in [4.69, 9.17) is 4.78 Å². The van der Waals surface area contributed by atoms with E-state index in [-0.39, 0.29) is 0 Å². The topological polar surface area (TPSA) is 64.0 Å². The molecule has 0 aromatic carbocycles. The molecular weight excluding hydrogens is 353 g/mol. The first-order chi connectivity index (χ1) is 11.5. The molecule has 0 aromatic rings. The van der Waals surface area contributed by atoms with Crippen molar-refractivity contribution >= 4 is 10.0 Å². The van der Waals surface area contributed by atoms with Gasteiger partial charge in [-0.15, -0.1) is 0 Å². The maximum Gasteiger partial charge on any atom is 0.466 e. The van der Waals surface area contributed by atoms with Crippen LogP contribution >= 0.6 is 0 Å². The number of quaternary nitrogens is 1. The zero-order chi connectivity index (χ0) is 20.0. The van der Waals surface area contributed by atoms with E-state index in [2.05, 4.69) is 27.7 Å². The maximum atomic E-state index is 10.8. The normalized spacial score (nSPS) is 14.6. The van der Waals surface area contributed by atoms with Crippen molar-refractivity contribution in [2.24, 2.45) is 0 Å². The first kappa shape index (κ1) is 26.9. The Kier molecular flexibility index (Phi) is 14.9. The average Bonchev–Trinajstić information content (AvgIpc) is 2.52. The molecule has 0 aliphatic rings. The molecule has 0 rings (SSSR count). The second-order valence-corrected chi connectivity index (χ2v) is 8.07. The highest BCUT2D eigenvalue weighted by atomic mass is 32.2. The second kappa shape index (κ2) is 13.8. The van der Waals surface area contributed by atoms with Crippen molar-refractivity contribution in [3.8, 4) is 0 Å². The number of hydrogen-bond acceptors (Lipinski definition) is 3. The molecule has 0 aromatic heterocycles. The van der Waals surface area contributed by atoms with Crippen molar-refractivity contribution in [3.05, 3.63) is 0 Å². The average molecular weight is 391 g/mol. The number of halogens is 3. The van der Waals surface area contributed by atoms with E-state index < -0.39 is 15.5 Å². The SMILES string of the molecule is CCCC[N+](CCCC)(CCCC)CCCC.N=S(=O)([O-])C(F)(F)F. The molecule has 0 bridgehead atoms. The lowest BCUT2D eigenvalue weighted by Crippen LogP contribution is -2.50. The van der Waals surface area contributed by atoms with Gasteiger partial charge in [0.25, 0.3) is 0 Å². The van der Waals surface area contributed by atoms with Gasteiger partial charge >= 0.3 is 5.51 Å². The van der Waals surface area contributed by atoms with Gasteiger partial charge < -0.3 is 9.04 Å². The van der Waals surface area contributed by atoms with Gasteiger partial charge in [-0.05, 0) is 25.7 Å². The molecule has 1 unspecified atom stereocenters. The first-order valence-electron chi connectivity index (χ1n) is 9.40. The van der Waals surface area contributed by atoms with Crippen LogP contribution in [0.15, 0.2) is 0 Å². The molecule has 0 saturated carbocycles. The molecule has 0 fully saturated rings. The lowest BCUT2D eigenvalue weighted by atomic mass is 10.1. The monoisotopic (exact) mass is 390 g/mol. The van der Waals surface area contributed by atoms with Crippen LogP contribution in [0.4, 0.5) is 13.2 Å². The Bertz CT molecular complexity index is 375. The third-order valence-corrected chi connectivity index (χ3v) is 4.86. The van der Waals surface area contributed by atoms with Gasteiger partial charge in [0.05, 0.1) is 36.2 Å². The maximum absolute atomic E-state index is 10.8. The van der Waals surface area contributed by atoms with Crippen LogP contribution in [-0.2, 0) is 10.0 Å². The van der Waals surface area contributed by atoms with E-state index >= 15 is 0 Å². The molecule has 8 heteroatoms. The minimum Gasteiger partial charge on any atom is -0.758 e. The smallest absolute Gasteiger partial charge is 0.466 e. The molecule has 0 aliphatic heterocycles. The Hall–Kier alpha value is -0.340. The largest absolute Gasteiger partial charge is 0.758 e. The van der Waals surface area contributed by atoms with E-state index in [9.17, 15) is 21.9 Å². The Morgan fingerprint density at radius 3 is 1.12 bits per heavy atom. The number of alkyl halides is 3. The summed E-state index contributed by atoms with van der Waals surface area (Å²) in [6.07, 6.45) is 11.1. The van der Waals surface area contributed by atoms with E-state index in [1.54, 1.807) is 0 Å². The summed E-state index contributed by atoms with van der Waals surface area (Å²) in [5.74, 6) is 0. The lowest BCUT2D eigenvalue weighted by Gasteiger charge is -2.39. The van der Waals surface area contributed by atoms with Crippen molar-refractivity contribution in [2.75, 3.05) is 26.2 Å². The van der Waals surface area contributed by atoms with Crippen LogP contribution in [0.5, 0.6) is 0 Å². The van der Waals surface area contributed by atoms with Crippen molar-refractivity contribution in [2.45, 2.75) is 84.6 Å². The van der Waals surface area contributed by atoms with E-state index in [0.717, 1.165) is 0 Å². The first-order valence-corrected chi connectivity index (χ1v) is 10.9. The third kappa shape index (κ3) is 13.5. The molecule has 154 valence electrons. The quantitative estimate of drug-likeness (QED) is 0.435. The van der Waals surface area contributed by atoms with Crippen molar-refractivity contribution in [1.82, 2.24) is 0 Å². The van der Waals surface area contributed by atoms with Gasteiger partial charge in [0.2, 0.25) is 0 Å². The zero-order valence-corrected chi connectivity index (χ0v) is 17.1. The third-order valence-electron chi connectivity index (χ3n) is 4.25. The minimum atomic E-state index is -5.59. The van der Waals surface area contributed by atoms with Gasteiger partial charge in [0.15, 0.2) is 0 Å². The van der Waals surface area contributed by atoms with Crippen LogP contribution in [0.1, 0.15) is 79.1 Å². The fourth-order valence-electron chi connectivity index (χ4n) is 2.64. The fraction of sp³-hybridized carbons (Fsp3) is 1.00. The molecule has 0 aliphatic carbocycles.